The number of rotatable bonds is 1. The third-order valence-electron chi connectivity index (χ3n) is 0.965. The fraction of sp³-hybridized carbons (Fsp3) is 1.00. The van der Waals surface area contributed by atoms with Crippen molar-refractivity contribution in [1.29, 1.82) is 0 Å². The van der Waals surface area contributed by atoms with Crippen LogP contribution in [0, 0.1) is 5.92 Å². The van der Waals surface area contributed by atoms with Crippen molar-refractivity contribution in [3.05, 3.63) is 0 Å². The van der Waals surface area contributed by atoms with Gasteiger partial charge in [-0.15, -0.1) is 0 Å². The van der Waals surface area contributed by atoms with E-state index in [4.69, 9.17) is 9.84 Å². The molecule has 1 fully saturated rings. The molecule has 0 aliphatic carbocycles. The third kappa shape index (κ3) is 1.89. The number of hydrogen-bond donors (Lipinski definition) is 1. The molecule has 0 amide bonds. The molecule has 0 radical (unpaired) electrons. The first-order chi connectivity index (χ1) is 2.93. The van der Waals surface area contributed by atoms with Gasteiger partial charge >= 0.3 is 0 Å². The van der Waals surface area contributed by atoms with Crippen molar-refractivity contribution in [2.75, 3.05) is 19.8 Å². The first kappa shape index (κ1) is 7.61. The van der Waals surface area contributed by atoms with Crippen LogP contribution in [0.15, 0.2) is 0 Å². The van der Waals surface area contributed by atoms with Crippen LogP contribution >= 0.6 is 0 Å². The van der Waals surface area contributed by atoms with Gasteiger partial charge in [0.2, 0.25) is 0 Å². The van der Waals surface area contributed by atoms with Crippen LogP contribution in [0.4, 0.5) is 0 Å². The fourth-order valence-corrected chi connectivity index (χ4v) is 0.390. The molecule has 1 aliphatic rings. The van der Waals surface area contributed by atoms with Gasteiger partial charge in [-0.25, -0.2) is 0 Å². The van der Waals surface area contributed by atoms with Gasteiger partial charge in [0.05, 0.1) is 19.8 Å². The Morgan fingerprint density at radius 1 is 1.57 bits per heavy atom. The van der Waals surface area contributed by atoms with Gasteiger partial charge < -0.3 is 9.84 Å². The molecule has 0 saturated carbocycles. The van der Waals surface area contributed by atoms with E-state index in [0.29, 0.717) is 12.5 Å². The molecule has 1 heterocycles. The van der Waals surface area contributed by atoms with E-state index in [2.05, 4.69) is 0 Å². The summed E-state index contributed by atoms with van der Waals surface area (Å²) in [7, 11) is 0. The zero-order valence-corrected chi connectivity index (χ0v) is 6.90. The predicted octanol–water partition coefficient (Wildman–Crippen LogP) is -0.377. The van der Waals surface area contributed by atoms with E-state index in [0.717, 1.165) is 13.2 Å². The monoisotopic (exact) mass is 272 g/mol. The van der Waals surface area contributed by atoms with E-state index in [1.165, 1.54) is 0 Å². The van der Waals surface area contributed by atoms with E-state index >= 15 is 0 Å². The van der Waals surface area contributed by atoms with Crippen LogP contribution in [-0.2, 0) is 25.8 Å². The molecular weight excluding hydrogens is 264 g/mol. The summed E-state index contributed by atoms with van der Waals surface area (Å²) in [5, 5.41) is 8.31. The second-order valence-corrected chi connectivity index (χ2v) is 1.59. The molecule has 0 unspecified atom stereocenters. The molecule has 2 nitrogen and oxygen atoms in total. The van der Waals surface area contributed by atoms with Gasteiger partial charge in [-0.05, 0) is 0 Å². The Bertz CT molecular complexity index is 42.2. The Balaban J connectivity index is 0.000000360. The first-order valence-corrected chi connectivity index (χ1v) is 2.12. The average Bonchev–Trinajstić information content (AvgIpc) is 1.31. The summed E-state index contributed by atoms with van der Waals surface area (Å²) in [5.74, 6) is 0.449. The second kappa shape index (κ2) is 3.59. The molecule has 0 aromatic heterocycles. The SMILES string of the molecule is OCC1COC1.[W]. The Labute approximate surface area is 57.1 Å². The number of ether oxygens (including phenoxy) is 1. The zero-order valence-electron chi connectivity index (χ0n) is 3.96. The summed E-state index contributed by atoms with van der Waals surface area (Å²) in [5.41, 5.74) is 0. The van der Waals surface area contributed by atoms with Crippen LogP contribution in [0.25, 0.3) is 0 Å². The van der Waals surface area contributed by atoms with Crippen LogP contribution in [0.1, 0.15) is 0 Å². The maximum absolute atomic E-state index is 8.31. The van der Waals surface area contributed by atoms with Crippen LogP contribution in [0.2, 0.25) is 0 Å². The molecule has 0 atom stereocenters. The van der Waals surface area contributed by atoms with Crippen molar-refractivity contribution >= 4 is 0 Å². The molecule has 3 heteroatoms. The molecule has 0 aromatic rings. The molecule has 1 rings (SSSR count). The number of hydrogen-bond acceptors (Lipinski definition) is 2. The summed E-state index contributed by atoms with van der Waals surface area (Å²) >= 11 is 0. The van der Waals surface area contributed by atoms with E-state index in [9.17, 15) is 0 Å². The molecule has 0 bridgehead atoms. The smallest absolute Gasteiger partial charge is 0.0538 e. The van der Waals surface area contributed by atoms with E-state index in [-0.39, 0.29) is 21.1 Å². The Kier molecular flexibility index (Phi) is 3.90. The maximum Gasteiger partial charge on any atom is 0.0538 e. The summed E-state index contributed by atoms with van der Waals surface area (Å²) in [6, 6.07) is 0. The van der Waals surface area contributed by atoms with E-state index in [1.807, 2.05) is 0 Å². The van der Waals surface area contributed by atoms with Crippen molar-refractivity contribution in [3.8, 4) is 0 Å². The van der Waals surface area contributed by atoms with Gasteiger partial charge in [-0.1, -0.05) is 0 Å². The van der Waals surface area contributed by atoms with Crippen molar-refractivity contribution in [3.63, 3.8) is 0 Å². The van der Waals surface area contributed by atoms with Crippen LogP contribution in [-0.4, -0.2) is 24.9 Å². The molecular formula is C4H8O2W. The van der Waals surface area contributed by atoms with Crippen molar-refractivity contribution in [2.45, 2.75) is 0 Å². The quantitative estimate of drug-likeness (QED) is 0.705. The Morgan fingerprint density at radius 3 is 2.14 bits per heavy atom. The normalized spacial score (nSPS) is 20.1. The molecule has 0 aromatic carbocycles. The van der Waals surface area contributed by atoms with Gasteiger partial charge in [0.15, 0.2) is 0 Å². The molecule has 7 heavy (non-hydrogen) atoms. The van der Waals surface area contributed by atoms with Crippen LogP contribution in [0.5, 0.6) is 0 Å². The number of aliphatic hydroxyl groups is 1. The molecule has 0 spiro atoms. The minimum absolute atomic E-state index is 0. The van der Waals surface area contributed by atoms with Crippen molar-refractivity contribution in [2.24, 2.45) is 5.92 Å². The largest absolute Gasteiger partial charge is 0.396 e. The summed E-state index contributed by atoms with van der Waals surface area (Å²) in [6.07, 6.45) is 0. The summed E-state index contributed by atoms with van der Waals surface area (Å²) in [4.78, 5) is 0. The van der Waals surface area contributed by atoms with Gasteiger partial charge in [0, 0.05) is 27.0 Å². The van der Waals surface area contributed by atoms with Crippen molar-refractivity contribution in [1.82, 2.24) is 0 Å². The van der Waals surface area contributed by atoms with Crippen LogP contribution < -0.4 is 0 Å². The standard InChI is InChI=1S/C4H8O2.W/c5-1-4-2-6-3-4;/h4-5H,1-3H2;. The number of aliphatic hydroxyl groups excluding tert-OH is 1. The van der Waals surface area contributed by atoms with Gasteiger partial charge in [-0.3, -0.25) is 0 Å². The average molecular weight is 272 g/mol. The minimum Gasteiger partial charge on any atom is -0.396 e. The topological polar surface area (TPSA) is 29.5 Å². The van der Waals surface area contributed by atoms with Crippen LogP contribution in [0.3, 0.4) is 0 Å². The molecule has 1 aliphatic heterocycles. The molecule has 42 valence electrons. The third-order valence-corrected chi connectivity index (χ3v) is 0.965. The fourth-order valence-electron chi connectivity index (χ4n) is 0.390. The minimum atomic E-state index is 0. The summed E-state index contributed by atoms with van der Waals surface area (Å²) < 4.78 is 4.77. The zero-order chi connectivity index (χ0) is 4.41. The Morgan fingerprint density at radius 2 is 2.14 bits per heavy atom. The molecule has 1 N–H and O–H groups in total. The molecule has 1 saturated heterocycles. The van der Waals surface area contributed by atoms with Crippen molar-refractivity contribution < 1.29 is 30.9 Å². The summed E-state index contributed by atoms with van der Waals surface area (Å²) in [6.45, 7) is 1.81. The first-order valence-electron chi connectivity index (χ1n) is 2.12. The van der Waals surface area contributed by atoms with E-state index in [1.54, 1.807) is 0 Å². The maximum atomic E-state index is 8.31. The predicted molar refractivity (Wildman–Crippen MR) is 21.4 cm³/mol. The van der Waals surface area contributed by atoms with Gasteiger partial charge in [0.25, 0.3) is 0 Å². The van der Waals surface area contributed by atoms with E-state index < -0.39 is 0 Å². The second-order valence-electron chi connectivity index (χ2n) is 1.59. The van der Waals surface area contributed by atoms with Gasteiger partial charge in [-0.2, -0.15) is 0 Å². The van der Waals surface area contributed by atoms with Gasteiger partial charge in [0.1, 0.15) is 0 Å². The Hall–Kier alpha value is 0.608.